The zero-order valence-corrected chi connectivity index (χ0v) is 27.1. The molecule has 246 valence electrons. The summed E-state index contributed by atoms with van der Waals surface area (Å²) >= 11 is 0. The molecule has 13 heteroatoms. The number of rotatable bonds is 19. The molecule has 2 amide bonds. The van der Waals surface area contributed by atoms with Crippen LogP contribution in [0.25, 0.3) is 0 Å². The predicted molar refractivity (Wildman–Crippen MR) is 158 cm³/mol. The number of hydrogen-bond donors (Lipinski definition) is 3. The van der Waals surface area contributed by atoms with Gasteiger partial charge in [-0.3, -0.25) is 14.2 Å². The summed E-state index contributed by atoms with van der Waals surface area (Å²) in [5, 5.41) is 23.2. The highest BCUT2D eigenvalue weighted by atomic mass is 31.2. The third kappa shape index (κ3) is 12.1. The Kier molecular flexibility index (Phi) is 16.5. The monoisotopic (exact) mass is 622 g/mol. The lowest BCUT2D eigenvalue weighted by atomic mass is 9.80. The fraction of sp³-hybridized carbons (Fsp3) is 0.931. The number of unbranched alkanes of at least 4 members (excludes halogenated alkanes) is 3. The molecule has 0 aromatic carbocycles. The largest absolute Gasteiger partial charge is 0.390 e. The number of nitrogens with one attached hydrogen (secondary N) is 1. The molecule has 2 aliphatic heterocycles. The second-order valence-corrected chi connectivity index (χ2v) is 14.0. The molecule has 2 rings (SSSR count). The van der Waals surface area contributed by atoms with Gasteiger partial charge in [0.15, 0.2) is 6.29 Å². The molecule has 2 saturated heterocycles. The summed E-state index contributed by atoms with van der Waals surface area (Å²) in [4.78, 5) is 26.7. The van der Waals surface area contributed by atoms with E-state index in [1.54, 1.807) is 14.0 Å². The van der Waals surface area contributed by atoms with E-state index in [0.29, 0.717) is 77.8 Å². The van der Waals surface area contributed by atoms with Crippen molar-refractivity contribution in [1.29, 1.82) is 0 Å². The Morgan fingerprint density at radius 2 is 1.71 bits per heavy atom. The van der Waals surface area contributed by atoms with Gasteiger partial charge in [-0.05, 0) is 44.9 Å². The number of carbonyl (C=O) groups excluding carboxylic acids is 2. The van der Waals surface area contributed by atoms with Gasteiger partial charge in [0.1, 0.15) is 6.10 Å². The highest BCUT2D eigenvalue weighted by Crippen LogP contribution is 2.46. The smallest absolute Gasteiger partial charge is 0.327 e. The Morgan fingerprint density at radius 1 is 1.02 bits per heavy atom. The number of likely N-dealkylation sites (tertiary alicyclic amines) is 1. The van der Waals surface area contributed by atoms with Crippen LogP contribution in [0.15, 0.2) is 0 Å². The Balaban J connectivity index is 1.52. The van der Waals surface area contributed by atoms with Gasteiger partial charge in [-0.15, -0.1) is 0 Å². The molecule has 6 atom stereocenters. The van der Waals surface area contributed by atoms with Crippen molar-refractivity contribution in [1.82, 2.24) is 10.2 Å². The summed E-state index contributed by atoms with van der Waals surface area (Å²) in [6.45, 7) is 8.12. The number of carbonyl (C=O) groups is 2. The molecule has 2 fully saturated rings. The van der Waals surface area contributed by atoms with Crippen LogP contribution in [-0.2, 0) is 37.4 Å². The lowest BCUT2D eigenvalue weighted by molar-refractivity contribution is -0.277. The van der Waals surface area contributed by atoms with Crippen LogP contribution in [0.1, 0.15) is 78.1 Å². The van der Waals surface area contributed by atoms with Crippen LogP contribution in [-0.4, -0.2) is 112 Å². The van der Waals surface area contributed by atoms with Gasteiger partial charge in [0.25, 0.3) is 0 Å². The average Bonchev–Trinajstić information content (AvgIpc) is 2.98. The Bertz CT molecular complexity index is 852. The molecule has 0 spiro atoms. The summed E-state index contributed by atoms with van der Waals surface area (Å²) in [5.74, 6) is -0.193. The highest BCUT2D eigenvalue weighted by molar-refractivity contribution is 7.52. The first-order valence-electron chi connectivity index (χ1n) is 15.4. The molecule has 2 heterocycles. The van der Waals surface area contributed by atoms with E-state index in [4.69, 9.17) is 23.3 Å². The van der Waals surface area contributed by atoms with Crippen LogP contribution in [0.5, 0.6) is 0 Å². The van der Waals surface area contributed by atoms with Crippen molar-refractivity contribution < 1.29 is 47.6 Å². The molecular formula is C29H55N2O10P. The predicted octanol–water partition coefficient (Wildman–Crippen LogP) is 3.08. The molecule has 0 aromatic rings. The summed E-state index contributed by atoms with van der Waals surface area (Å²) in [6.07, 6.45) is 3.95. The molecule has 1 unspecified atom stereocenters. The molecule has 0 saturated carbocycles. The van der Waals surface area contributed by atoms with E-state index in [-0.39, 0.29) is 29.8 Å². The first kappa shape index (κ1) is 37.1. The van der Waals surface area contributed by atoms with Crippen LogP contribution in [0.4, 0.5) is 0 Å². The number of piperidine rings is 1. The highest BCUT2D eigenvalue weighted by Gasteiger charge is 2.42. The molecule has 0 aromatic heterocycles. The van der Waals surface area contributed by atoms with E-state index in [1.807, 2.05) is 11.8 Å². The normalized spacial score (nSPS) is 27.4. The standard InChI is InChI=1S/C29H55N2O10P/c1-6-23-27(35)26(34)22(2)28(41-23)39-19-11-9-12-24(32)30-16-10-7-8-13-25(33)31-17-14-29(15-18-31,20-37-3)21-40-42(5,36)38-4/h22-23,26-28,34-35H,6-21H2,1-5H3,(H,30,32)/t22-,23-,26-,27+,28-,42?/m1/s1. The van der Waals surface area contributed by atoms with E-state index in [0.717, 1.165) is 19.3 Å². The SMILES string of the molecule is CC[C@H]1O[C@@H](OCCCCC(=O)NCCCCCC(=O)N2CCC(COC)(COP(C)(=O)OC)CC2)[C@H](C)[C@@H](O)[C@H]1O. The zero-order valence-electron chi connectivity index (χ0n) is 26.3. The minimum Gasteiger partial charge on any atom is -0.390 e. The number of aliphatic hydroxyl groups excluding tert-OH is 2. The molecule has 12 nitrogen and oxygen atoms in total. The minimum absolute atomic E-state index is 0.000262. The Morgan fingerprint density at radius 3 is 2.36 bits per heavy atom. The lowest BCUT2D eigenvalue weighted by Crippen LogP contribution is -2.54. The van der Waals surface area contributed by atoms with Gasteiger partial charge in [0.05, 0.1) is 25.4 Å². The first-order chi connectivity index (χ1) is 20.0. The summed E-state index contributed by atoms with van der Waals surface area (Å²) in [5.41, 5.74) is -0.282. The fourth-order valence-electron chi connectivity index (χ4n) is 5.41. The molecule has 2 aliphatic rings. The van der Waals surface area contributed by atoms with E-state index in [1.165, 1.54) is 13.8 Å². The van der Waals surface area contributed by atoms with Crippen LogP contribution in [0.3, 0.4) is 0 Å². The summed E-state index contributed by atoms with van der Waals surface area (Å²) in [6, 6.07) is 0. The first-order valence-corrected chi connectivity index (χ1v) is 17.4. The second-order valence-electron chi connectivity index (χ2n) is 11.8. The topological polar surface area (TPSA) is 153 Å². The number of aliphatic hydroxyl groups is 2. The van der Waals surface area contributed by atoms with Crippen molar-refractivity contribution in [2.75, 3.05) is 60.3 Å². The average molecular weight is 623 g/mol. The van der Waals surface area contributed by atoms with Gasteiger partial charge < -0.3 is 43.7 Å². The number of ether oxygens (including phenoxy) is 3. The second kappa shape index (κ2) is 18.6. The van der Waals surface area contributed by atoms with Gasteiger partial charge in [0, 0.05) is 71.3 Å². The number of methoxy groups -OCH3 is 1. The Hall–Kier alpha value is -1.11. The van der Waals surface area contributed by atoms with Gasteiger partial charge in [-0.2, -0.15) is 0 Å². The molecule has 42 heavy (non-hydrogen) atoms. The van der Waals surface area contributed by atoms with Crippen molar-refractivity contribution in [3.8, 4) is 0 Å². The molecule has 3 N–H and O–H groups in total. The molecular weight excluding hydrogens is 567 g/mol. The summed E-state index contributed by atoms with van der Waals surface area (Å²) in [7, 11) is -0.0727. The van der Waals surface area contributed by atoms with E-state index in [2.05, 4.69) is 5.32 Å². The number of nitrogens with zero attached hydrogens (tertiary/aromatic N) is 1. The number of hydrogen-bond acceptors (Lipinski definition) is 10. The summed E-state index contributed by atoms with van der Waals surface area (Å²) < 4.78 is 39.6. The maximum absolute atomic E-state index is 12.7. The maximum atomic E-state index is 12.7. The van der Waals surface area contributed by atoms with Crippen LogP contribution < -0.4 is 5.32 Å². The third-order valence-electron chi connectivity index (χ3n) is 8.44. The van der Waals surface area contributed by atoms with Gasteiger partial charge in [-0.1, -0.05) is 20.3 Å². The lowest BCUT2D eigenvalue weighted by Gasteiger charge is -2.41. The van der Waals surface area contributed by atoms with Crippen molar-refractivity contribution >= 4 is 19.4 Å². The van der Waals surface area contributed by atoms with Crippen molar-refractivity contribution in [3.63, 3.8) is 0 Å². The van der Waals surface area contributed by atoms with Crippen LogP contribution >= 0.6 is 7.60 Å². The van der Waals surface area contributed by atoms with Crippen LogP contribution in [0.2, 0.25) is 0 Å². The van der Waals surface area contributed by atoms with Crippen LogP contribution in [0, 0.1) is 11.3 Å². The van der Waals surface area contributed by atoms with Crippen molar-refractivity contribution in [2.45, 2.75) is 103 Å². The Labute approximate surface area is 251 Å². The van der Waals surface area contributed by atoms with Crippen molar-refractivity contribution in [3.05, 3.63) is 0 Å². The molecule has 0 bridgehead atoms. The third-order valence-corrected chi connectivity index (χ3v) is 9.71. The van der Waals surface area contributed by atoms with Gasteiger partial charge in [0.2, 0.25) is 11.8 Å². The van der Waals surface area contributed by atoms with E-state index >= 15 is 0 Å². The van der Waals surface area contributed by atoms with Gasteiger partial charge in [-0.25, -0.2) is 0 Å². The fourth-order valence-corrected chi connectivity index (χ4v) is 6.02. The van der Waals surface area contributed by atoms with E-state index < -0.39 is 32.2 Å². The minimum atomic E-state index is -3.08. The van der Waals surface area contributed by atoms with Crippen molar-refractivity contribution in [2.24, 2.45) is 11.3 Å². The zero-order chi connectivity index (χ0) is 31.2. The van der Waals surface area contributed by atoms with Gasteiger partial charge >= 0.3 is 7.60 Å². The number of amides is 2. The van der Waals surface area contributed by atoms with E-state index in [9.17, 15) is 24.4 Å². The maximum Gasteiger partial charge on any atom is 0.327 e. The molecule has 0 radical (unpaired) electrons. The quantitative estimate of drug-likeness (QED) is 0.145. The molecule has 0 aliphatic carbocycles.